The first-order chi connectivity index (χ1) is 18.5. The molecule has 7 heteroatoms. The topological polar surface area (TPSA) is 79.0 Å². The Labute approximate surface area is 223 Å². The maximum Gasteiger partial charge on any atom is 0.259 e. The van der Waals surface area contributed by atoms with E-state index in [1.165, 1.54) is 6.42 Å². The lowest BCUT2D eigenvalue weighted by Gasteiger charge is -2.34. The second-order valence-corrected chi connectivity index (χ2v) is 10.2. The molecule has 7 nitrogen and oxygen atoms in total. The van der Waals surface area contributed by atoms with E-state index in [-0.39, 0.29) is 36.9 Å². The standard InChI is InChI=1S/C31H35N3O4/c1-3-26(30(36)32-23-11-5-4-6-12-23)33(19-21-15-17-24(38-2)18-16-21)28(35)20-34-27-14-8-10-22-9-7-13-25(29(22)27)31(34)37/h7-10,13-18,23,26H,3-6,11-12,19-20H2,1-2H3,(H,32,36). The minimum Gasteiger partial charge on any atom is -0.497 e. The fourth-order valence-electron chi connectivity index (χ4n) is 5.75. The second-order valence-electron chi connectivity index (χ2n) is 10.2. The minimum atomic E-state index is -0.637. The van der Waals surface area contributed by atoms with E-state index >= 15 is 0 Å². The predicted octanol–water partition coefficient (Wildman–Crippen LogP) is 5.06. The Morgan fingerprint density at radius 1 is 1.03 bits per heavy atom. The SMILES string of the molecule is CCC(C(=O)NC1CCCCC1)N(Cc1ccc(OC)cc1)C(=O)CN1C(=O)c2cccc3cccc1c23. The van der Waals surface area contributed by atoms with Crippen molar-refractivity contribution >= 4 is 34.2 Å². The van der Waals surface area contributed by atoms with Crippen LogP contribution in [0.1, 0.15) is 61.4 Å². The number of methoxy groups -OCH3 is 1. The molecule has 5 rings (SSSR count). The Hall–Kier alpha value is -3.87. The molecule has 38 heavy (non-hydrogen) atoms. The molecule has 1 N–H and O–H groups in total. The Kier molecular flexibility index (Phi) is 7.63. The van der Waals surface area contributed by atoms with Gasteiger partial charge in [0.15, 0.2) is 0 Å². The van der Waals surface area contributed by atoms with Crippen LogP contribution in [0.3, 0.4) is 0 Å². The van der Waals surface area contributed by atoms with Crippen LogP contribution in [-0.2, 0) is 16.1 Å². The number of rotatable bonds is 9. The van der Waals surface area contributed by atoms with E-state index in [2.05, 4.69) is 5.32 Å². The number of hydrogen-bond donors (Lipinski definition) is 1. The molecule has 3 aromatic carbocycles. The van der Waals surface area contributed by atoms with Crippen LogP contribution in [0.4, 0.5) is 5.69 Å². The van der Waals surface area contributed by atoms with Crippen LogP contribution in [0.5, 0.6) is 5.75 Å². The van der Waals surface area contributed by atoms with Gasteiger partial charge in [0, 0.05) is 23.5 Å². The molecule has 0 spiro atoms. The van der Waals surface area contributed by atoms with Crippen LogP contribution in [0, 0.1) is 0 Å². The van der Waals surface area contributed by atoms with Crippen molar-refractivity contribution in [2.24, 2.45) is 0 Å². The molecule has 2 aliphatic rings. The highest BCUT2D eigenvalue weighted by Crippen LogP contribution is 2.37. The molecular formula is C31H35N3O4. The Morgan fingerprint density at radius 2 is 1.74 bits per heavy atom. The van der Waals surface area contributed by atoms with E-state index < -0.39 is 6.04 Å². The summed E-state index contributed by atoms with van der Waals surface area (Å²) in [6, 6.07) is 18.4. The lowest BCUT2D eigenvalue weighted by Crippen LogP contribution is -2.53. The van der Waals surface area contributed by atoms with Gasteiger partial charge in [-0.3, -0.25) is 19.3 Å². The molecule has 0 radical (unpaired) electrons. The van der Waals surface area contributed by atoms with E-state index in [1.807, 2.05) is 61.5 Å². The molecule has 3 amide bonds. The smallest absolute Gasteiger partial charge is 0.259 e. The highest BCUT2D eigenvalue weighted by molar-refractivity contribution is 6.26. The maximum atomic E-state index is 14.0. The molecule has 1 aliphatic heterocycles. The van der Waals surface area contributed by atoms with Gasteiger partial charge in [-0.15, -0.1) is 0 Å². The van der Waals surface area contributed by atoms with E-state index in [4.69, 9.17) is 4.74 Å². The molecule has 1 atom stereocenters. The molecule has 198 valence electrons. The van der Waals surface area contributed by atoms with Gasteiger partial charge in [-0.25, -0.2) is 0 Å². The van der Waals surface area contributed by atoms with Crippen molar-refractivity contribution < 1.29 is 19.1 Å². The third kappa shape index (κ3) is 5.10. The number of ether oxygens (including phenoxy) is 1. The van der Waals surface area contributed by atoms with Gasteiger partial charge in [-0.2, -0.15) is 0 Å². The van der Waals surface area contributed by atoms with Gasteiger partial charge in [-0.1, -0.05) is 62.6 Å². The summed E-state index contributed by atoms with van der Waals surface area (Å²) in [7, 11) is 1.61. The average molecular weight is 514 g/mol. The summed E-state index contributed by atoms with van der Waals surface area (Å²) in [4.78, 5) is 44.0. The fourth-order valence-corrected chi connectivity index (χ4v) is 5.75. The van der Waals surface area contributed by atoms with Crippen molar-refractivity contribution in [3.63, 3.8) is 0 Å². The summed E-state index contributed by atoms with van der Waals surface area (Å²) >= 11 is 0. The number of amides is 3. The third-order valence-electron chi connectivity index (χ3n) is 7.79. The fraction of sp³-hybridized carbons (Fsp3) is 0.387. The maximum absolute atomic E-state index is 14.0. The molecule has 1 heterocycles. The monoisotopic (exact) mass is 513 g/mol. The van der Waals surface area contributed by atoms with E-state index in [1.54, 1.807) is 23.0 Å². The predicted molar refractivity (Wildman–Crippen MR) is 148 cm³/mol. The first-order valence-corrected chi connectivity index (χ1v) is 13.6. The summed E-state index contributed by atoms with van der Waals surface area (Å²) in [5.41, 5.74) is 2.23. The summed E-state index contributed by atoms with van der Waals surface area (Å²) in [5, 5.41) is 5.05. The van der Waals surface area contributed by atoms with Crippen LogP contribution in [-0.4, -0.2) is 48.4 Å². The van der Waals surface area contributed by atoms with Crippen molar-refractivity contribution in [3.05, 3.63) is 71.8 Å². The average Bonchev–Trinajstić information content (AvgIpc) is 3.21. The molecule has 0 bridgehead atoms. The summed E-state index contributed by atoms with van der Waals surface area (Å²) < 4.78 is 5.28. The highest BCUT2D eigenvalue weighted by atomic mass is 16.5. The molecule has 3 aromatic rings. The van der Waals surface area contributed by atoms with E-state index in [0.717, 1.165) is 53.5 Å². The Bertz CT molecular complexity index is 1330. The van der Waals surface area contributed by atoms with E-state index in [0.29, 0.717) is 12.0 Å². The Balaban J connectivity index is 1.41. The van der Waals surface area contributed by atoms with Gasteiger partial charge in [0.05, 0.1) is 12.8 Å². The number of hydrogen-bond acceptors (Lipinski definition) is 4. The summed E-state index contributed by atoms with van der Waals surface area (Å²) in [6.07, 6.45) is 5.84. The van der Waals surface area contributed by atoms with Crippen LogP contribution in [0.15, 0.2) is 60.7 Å². The van der Waals surface area contributed by atoms with Gasteiger partial charge in [0.1, 0.15) is 18.3 Å². The zero-order chi connectivity index (χ0) is 26.6. The van der Waals surface area contributed by atoms with Gasteiger partial charge in [-0.05, 0) is 54.5 Å². The highest BCUT2D eigenvalue weighted by Gasteiger charge is 2.35. The number of benzene rings is 3. The number of carbonyl (C=O) groups is 3. The van der Waals surface area contributed by atoms with Crippen LogP contribution >= 0.6 is 0 Å². The quantitative estimate of drug-likeness (QED) is 0.434. The molecule has 1 fully saturated rings. The van der Waals surface area contributed by atoms with Gasteiger partial charge >= 0.3 is 0 Å². The summed E-state index contributed by atoms with van der Waals surface area (Å²) in [5.74, 6) is 0.153. The van der Waals surface area contributed by atoms with Crippen LogP contribution in [0.2, 0.25) is 0 Å². The first kappa shape index (κ1) is 25.8. The molecule has 0 aromatic heterocycles. The molecule has 1 saturated carbocycles. The van der Waals surface area contributed by atoms with E-state index in [9.17, 15) is 14.4 Å². The van der Waals surface area contributed by atoms with Crippen molar-refractivity contribution in [1.29, 1.82) is 0 Å². The van der Waals surface area contributed by atoms with Crippen LogP contribution < -0.4 is 15.0 Å². The zero-order valence-corrected chi connectivity index (χ0v) is 22.1. The van der Waals surface area contributed by atoms with Crippen molar-refractivity contribution in [2.45, 2.75) is 64.1 Å². The van der Waals surface area contributed by atoms with Crippen LogP contribution in [0.25, 0.3) is 10.8 Å². The number of nitrogens with one attached hydrogen (secondary N) is 1. The molecule has 1 unspecified atom stereocenters. The largest absolute Gasteiger partial charge is 0.497 e. The van der Waals surface area contributed by atoms with Gasteiger partial charge in [0.25, 0.3) is 5.91 Å². The lowest BCUT2D eigenvalue weighted by molar-refractivity contribution is -0.140. The van der Waals surface area contributed by atoms with Crippen molar-refractivity contribution in [3.8, 4) is 5.75 Å². The lowest BCUT2D eigenvalue weighted by atomic mass is 9.95. The molecule has 0 saturated heterocycles. The van der Waals surface area contributed by atoms with Gasteiger partial charge in [0.2, 0.25) is 11.8 Å². The normalized spacial score (nSPS) is 15.9. The number of anilines is 1. The second kappa shape index (κ2) is 11.3. The molecular weight excluding hydrogens is 478 g/mol. The Morgan fingerprint density at radius 3 is 2.42 bits per heavy atom. The first-order valence-electron chi connectivity index (χ1n) is 13.6. The molecule has 1 aliphatic carbocycles. The van der Waals surface area contributed by atoms with Gasteiger partial charge < -0.3 is 15.0 Å². The third-order valence-corrected chi connectivity index (χ3v) is 7.79. The minimum absolute atomic E-state index is 0.126. The van der Waals surface area contributed by atoms with Crippen molar-refractivity contribution in [1.82, 2.24) is 10.2 Å². The van der Waals surface area contributed by atoms with Crippen molar-refractivity contribution in [2.75, 3.05) is 18.6 Å². The number of nitrogens with zero attached hydrogens (tertiary/aromatic N) is 2. The zero-order valence-electron chi connectivity index (χ0n) is 22.1. The number of carbonyl (C=O) groups excluding carboxylic acids is 3. The summed E-state index contributed by atoms with van der Waals surface area (Å²) in [6.45, 7) is 2.06.